The highest BCUT2D eigenvalue weighted by atomic mass is 79.9. The summed E-state index contributed by atoms with van der Waals surface area (Å²) in [4.78, 5) is 10.1. The van der Waals surface area contributed by atoms with Gasteiger partial charge >= 0.3 is 0 Å². The highest BCUT2D eigenvalue weighted by molar-refractivity contribution is 9.10. The van der Waals surface area contributed by atoms with Crippen molar-refractivity contribution in [1.82, 2.24) is 0 Å². The van der Waals surface area contributed by atoms with E-state index in [1.165, 1.54) is 12.1 Å². The van der Waals surface area contributed by atoms with Crippen LogP contribution in [0.1, 0.15) is 11.1 Å². The Hall–Kier alpha value is -1.88. The van der Waals surface area contributed by atoms with Gasteiger partial charge in [0.05, 0.1) is 11.5 Å². The Morgan fingerprint density at radius 3 is 2.50 bits per heavy atom. The molecule has 0 aliphatic heterocycles. The second kappa shape index (κ2) is 6.52. The lowest BCUT2D eigenvalue weighted by Crippen LogP contribution is -2.01. The van der Waals surface area contributed by atoms with Crippen LogP contribution in [0.2, 0.25) is 0 Å². The van der Waals surface area contributed by atoms with Gasteiger partial charge in [0.25, 0.3) is 5.69 Å². The average Bonchev–Trinajstić information content (AvgIpc) is 2.43. The SMILES string of the molecule is Cc1cc(OCCc2ccc([N+](=O)[O-])cc2)ccc1Br. The van der Waals surface area contributed by atoms with E-state index in [1.54, 1.807) is 12.1 Å². The second-order valence-electron chi connectivity index (χ2n) is 4.43. The summed E-state index contributed by atoms with van der Waals surface area (Å²) >= 11 is 3.44. The van der Waals surface area contributed by atoms with Gasteiger partial charge in [-0.2, -0.15) is 0 Å². The molecule has 104 valence electrons. The number of ether oxygens (including phenoxy) is 1. The second-order valence-corrected chi connectivity index (χ2v) is 5.29. The smallest absolute Gasteiger partial charge is 0.269 e. The fourth-order valence-electron chi connectivity index (χ4n) is 1.78. The summed E-state index contributed by atoms with van der Waals surface area (Å²) in [7, 11) is 0. The van der Waals surface area contributed by atoms with Gasteiger partial charge in [-0.15, -0.1) is 0 Å². The standard InChI is InChI=1S/C15H14BrNO3/c1-11-10-14(6-7-15(11)16)20-9-8-12-2-4-13(5-3-12)17(18)19/h2-7,10H,8-9H2,1H3. The van der Waals surface area contributed by atoms with Crippen molar-refractivity contribution < 1.29 is 9.66 Å². The van der Waals surface area contributed by atoms with Crippen molar-refractivity contribution in [2.24, 2.45) is 0 Å². The van der Waals surface area contributed by atoms with Crippen molar-refractivity contribution in [3.8, 4) is 5.75 Å². The summed E-state index contributed by atoms with van der Waals surface area (Å²) in [6.07, 6.45) is 0.715. The molecule has 0 bridgehead atoms. The van der Waals surface area contributed by atoms with Crippen LogP contribution in [0.15, 0.2) is 46.9 Å². The van der Waals surface area contributed by atoms with Crippen LogP contribution in [0.25, 0.3) is 0 Å². The van der Waals surface area contributed by atoms with E-state index < -0.39 is 4.92 Å². The monoisotopic (exact) mass is 335 g/mol. The number of aryl methyl sites for hydroxylation is 1. The van der Waals surface area contributed by atoms with Gasteiger partial charge in [-0.25, -0.2) is 0 Å². The average molecular weight is 336 g/mol. The van der Waals surface area contributed by atoms with E-state index in [0.29, 0.717) is 13.0 Å². The molecule has 0 aromatic heterocycles. The molecule has 0 unspecified atom stereocenters. The van der Waals surface area contributed by atoms with Crippen molar-refractivity contribution in [1.29, 1.82) is 0 Å². The maximum absolute atomic E-state index is 10.5. The summed E-state index contributed by atoms with van der Waals surface area (Å²) in [6.45, 7) is 2.55. The maximum Gasteiger partial charge on any atom is 0.269 e. The van der Waals surface area contributed by atoms with Gasteiger partial charge in [0.1, 0.15) is 5.75 Å². The summed E-state index contributed by atoms with van der Waals surface area (Å²) < 4.78 is 6.72. The van der Waals surface area contributed by atoms with Crippen LogP contribution in [0.3, 0.4) is 0 Å². The number of nitro groups is 1. The largest absolute Gasteiger partial charge is 0.493 e. The molecule has 0 amide bonds. The Labute approximate surface area is 125 Å². The first-order valence-electron chi connectivity index (χ1n) is 6.18. The lowest BCUT2D eigenvalue weighted by atomic mass is 10.1. The number of hydrogen-bond donors (Lipinski definition) is 0. The Bertz CT molecular complexity index is 611. The predicted molar refractivity (Wildman–Crippen MR) is 81.2 cm³/mol. The quantitative estimate of drug-likeness (QED) is 0.605. The van der Waals surface area contributed by atoms with E-state index in [-0.39, 0.29) is 5.69 Å². The number of nitro benzene ring substituents is 1. The van der Waals surface area contributed by atoms with Gasteiger partial charge < -0.3 is 4.74 Å². The van der Waals surface area contributed by atoms with Gasteiger partial charge in [0, 0.05) is 23.0 Å². The maximum atomic E-state index is 10.5. The van der Waals surface area contributed by atoms with Gasteiger partial charge in [-0.3, -0.25) is 10.1 Å². The molecule has 2 aromatic rings. The first-order chi connectivity index (χ1) is 9.56. The minimum absolute atomic E-state index is 0.109. The van der Waals surface area contributed by atoms with Gasteiger partial charge in [0.2, 0.25) is 0 Å². The van der Waals surface area contributed by atoms with E-state index in [4.69, 9.17) is 4.74 Å². The summed E-state index contributed by atoms with van der Waals surface area (Å²) in [6, 6.07) is 12.4. The molecule has 4 nitrogen and oxygen atoms in total. The van der Waals surface area contributed by atoms with Crippen LogP contribution >= 0.6 is 15.9 Å². The summed E-state index contributed by atoms with van der Waals surface area (Å²) in [5.74, 6) is 0.826. The molecule has 0 fully saturated rings. The van der Waals surface area contributed by atoms with Crippen LogP contribution in [-0.4, -0.2) is 11.5 Å². The lowest BCUT2D eigenvalue weighted by molar-refractivity contribution is -0.384. The molecule has 0 atom stereocenters. The molecule has 0 saturated carbocycles. The lowest BCUT2D eigenvalue weighted by Gasteiger charge is -2.07. The molecule has 0 saturated heterocycles. The topological polar surface area (TPSA) is 52.4 Å². The van der Waals surface area contributed by atoms with E-state index >= 15 is 0 Å². The number of halogens is 1. The molecule has 2 aromatic carbocycles. The zero-order valence-corrected chi connectivity index (χ0v) is 12.6. The van der Waals surface area contributed by atoms with Crippen LogP contribution in [-0.2, 0) is 6.42 Å². The van der Waals surface area contributed by atoms with Crippen molar-refractivity contribution in [3.63, 3.8) is 0 Å². The highest BCUT2D eigenvalue weighted by Crippen LogP contribution is 2.21. The number of nitrogens with zero attached hydrogens (tertiary/aromatic N) is 1. The molecule has 0 aliphatic carbocycles. The Balaban J connectivity index is 1.89. The Morgan fingerprint density at radius 1 is 1.20 bits per heavy atom. The van der Waals surface area contributed by atoms with E-state index in [2.05, 4.69) is 15.9 Å². The first kappa shape index (κ1) is 14.5. The fraction of sp³-hybridized carbons (Fsp3) is 0.200. The zero-order valence-electron chi connectivity index (χ0n) is 11.0. The van der Waals surface area contributed by atoms with Crippen LogP contribution < -0.4 is 4.74 Å². The van der Waals surface area contributed by atoms with Crippen molar-refractivity contribution in [2.45, 2.75) is 13.3 Å². The molecule has 0 aliphatic rings. The highest BCUT2D eigenvalue weighted by Gasteiger charge is 2.04. The zero-order chi connectivity index (χ0) is 14.5. The van der Waals surface area contributed by atoms with Crippen LogP contribution in [0.4, 0.5) is 5.69 Å². The van der Waals surface area contributed by atoms with Gasteiger partial charge in [-0.1, -0.05) is 28.1 Å². The molecule has 0 radical (unpaired) electrons. The molecule has 5 heteroatoms. The molecule has 20 heavy (non-hydrogen) atoms. The minimum Gasteiger partial charge on any atom is -0.493 e. The normalized spacial score (nSPS) is 10.3. The minimum atomic E-state index is -0.398. The fourth-order valence-corrected chi connectivity index (χ4v) is 2.02. The number of rotatable bonds is 5. The Kier molecular flexibility index (Phi) is 4.74. The molecule has 0 heterocycles. The molecule has 0 spiro atoms. The van der Waals surface area contributed by atoms with Crippen molar-refractivity contribution >= 4 is 21.6 Å². The third-order valence-corrected chi connectivity index (χ3v) is 3.83. The molecule has 2 rings (SSSR count). The molecule has 0 N–H and O–H groups in total. The predicted octanol–water partition coefficient (Wildman–Crippen LogP) is 4.29. The van der Waals surface area contributed by atoms with E-state index in [9.17, 15) is 10.1 Å². The van der Waals surface area contributed by atoms with Crippen molar-refractivity contribution in [2.75, 3.05) is 6.61 Å². The van der Waals surface area contributed by atoms with E-state index in [0.717, 1.165) is 21.3 Å². The van der Waals surface area contributed by atoms with Gasteiger partial charge in [-0.05, 0) is 36.2 Å². The summed E-state index contributed by atoms with van der Waals surface area (Å²) in [5.41, 5.74) is 2.25. The number of hydrogen-bond acceptors (Lipinski definition) is 3. The molecular weight excluding hydrogens is 322 g/mol. The number of non-ortho nitro benzene ring substituents is 1. The Morgan fingerprint density at radius 2 is 1.90 bits per heavy atom. The number of benzene rings is 2. The van der Waals surface area contributed by atoms with Crippen LogP contribution in [0.5, 0.6) is 5.75 Å². The first-order valence-corrected chi connectivity index (χ1v) is 6.98. The van der Waals surface area contributed by atoms with Crippen molar-refractivity contribution in [3.05, 3.63) is 68.2 Å². The van der Waals surface area contributed by atoms with E-state index in [1.807, 2.05) is 25.1 Å². The third kappa shape index (κ3) is 3.81. The third-order valence-electron chi connectivity index (χ3n) is 2.94. The van der Waals surface area contributed by atoms with Gasteiger partial charge in [0.15, 0.2) is 0 Å². The molecular formula is C15H14BrNO3. The van der Waals surface area contributed by atoms with Crippen LogP contribution in [0, 0.1) is 17.0 Å². The summed E-state index contributed by atoms with van der Waals surface area (Å²) in [5, 5.41) is 10.5.